The Morgan fingerprint density at radius 2 is 1.85 bits per heavy atom. The number of amides is 1. The van der Waals surface area contributed by atoms with Crippen LogP contribution in [0, 0.1) is 11.7 Å². The molecule has 0 bridgehead atoms. The first-order chi connectivity index (χ1) is 12.6. The van der Waals surface area contributed by atoms with Crippen molar-refractivity contribution in [1.82, 2.24) is 9.80 Å². The van der Waals surface area contributed by atoms with Crippen LogP contribution in [0.25, 0.3) is 0 Å². The first-order valence-electron chi connectivity index (χ1n) is 10.2. The number of rotatable bonds is 6. The maximum atomic E-state index is 13.1. The van der Waals surface area contributed by atoms with Gasteiger partial charge in [-0.05, 0) is 69.2 Å². The van der Waals surface area contributed by atoms with Gasteiger partial charge in [0.1, 0.15) is 5.82 Å². The summed E-state index contributed by atoms with van der Waals surface area (Å²) in [6.45, 7) is 6.48. The van der Waals surface area contributed by atoms with Gasteiger partial charge in [0.05, 0.1) is 6.54 Å². The van der Waals surface area contributed by atoms with Crippen molar-refractivity contribution in [3.05, 3.63) is 30.1 Å². The Morgan fingerprint density at radius 1 is 1.12 bits per heavy atom. The summed E-state index contributed by atoms with van der Waals surface area (Å²) in [6, 6.07) is 7.66. The van der Waals surface area contributed by atoms with E-state index in [0.29, 0.717) is 24.5 Å². The number of carbonyl (C=O) groups excluding carboxylic acids is 1. The normalized spacial score (nSPS) is 22.8. The molecule has 3 fully saturated rings. The molecule has 4 nitrogen and oxygen atoms in total. The molecule has 1 aromatic carbocycles. The van der Waals surface area contributed by atoms with Gasteiger partial charge in [-0.3, -0.25) is 9.69 Å². The Labute approximate surface area is 155 Å². The standard InChI is InChI=1S/C21H30FN3O/c1-16(17-3-4-17)25(20-9-10-20)21(26)15-23-11-2-12-24(14-13-23)19-7-5-18(22)6-8-19/h5-8,16-17,20H,2-4,9-15H2,1H3. The summed E-state index contributed by atoms with van der Waals surface area (Å²) >= 11 is 0. The van der Waals surface area contributed by atoms with Crippen LogP contribution in [0.3, 0.4) is 0 Å². The van der Waals surface area contributed by atoms with Crippen molar-refractivity contribution in [1.29, 1.82) is 0 Å². The van der Waals surface area contributed by atoms with Crippen molar-refractivity contribution < 1.29 is 9.18 Å². The van der Waals surface area contributed by atoms with Gasteiger partial charge in [0, 0.05) is 44.0 Å². The Balaban J connectivity index is 1.33. The second kappa shape index (κ2) is 7.55. The minimum absolute atomic E-state index is 0.194. The lowest BCUT2D eigenvalue weighted by Gasteiger charge is -2.32. The fourth-order valence-electron chi connectivity index (χ4n) is 4.23. The highest BCUT2D eigenvalue weighted by Crippen LogP contribution is 2.39. The largest absolute Gasteiger partial charge is 0.370 e. The zero-order valence-electron chi connectivity index (χ0n) is 15.7. The molecule has 0 aromatic heterocycles. The van der Waals surface area contributed by atoms with E-state index >= 15 is 0 Å². The summed E-state index contributed by atoms with van der Waals surface area (Å²) in [4.78, 5) is 19.8. The third-order valence-corrected chi connectivity index (χ3v) is 6.11. The van der Waals surface area contributed by atoms with E-state index in [2.05, 4.69) is 21.6 Å². The molecule has 1 aliphatic heterocycles. The molecule has 26 heavy (non-hydrogen) atoms. The topological polar surface area (TPSA) is 26.8 Å². The minimum Gasteiger partial charge on any atom is -0.370 e. The summed E-state index contributed by atoms with van der Waals surface area (Å²) in [7, 11) is 0. The van der Waals surface area contributed by atoms with Crippen LogP contribution in [-0.2, 0) is 4.79 Å². The lowest BCUT2D eigenvalue weighted by molar-refractivity contribution is -0.135. The Morgan fingerprint density at radius 3 is 2.50 bits per heavy atom. The SMILES string of the molecule is CC(C1CC1)N(C(=O)CN1CCCN(c2ccc(F)cc2)CC1)C1CC1. The maximum Gasteiger partial charge on any atom is 0.237 e. The molecule has 0 N–H and O–H groups in total. The zero-order chi connectivity index (χ0) is 18.1. The van der Waals surface area contributed by atoms with Crippen molar-refractivity contribution in [2.24, 2.45) is 5.92 Å². The lowest BCUT2D eigenvalue weighted by Crippen LogP contribution is -2.47. The fraction of sp³-hybridized carbons (Fsp3) is 0.667. The first kappa shape index (κ1) is 17.8. The molecule has 1 heterocycles. The van der Waals surface area contributed by atoms with Crippen molar-refractivity contribution in [2.75, 3.05) is 37.6 Å². The van der Waals surface area contributed by atoms with Crippen LogP contribution in [0.2, 0.25) is 0 Å². The van der Waals surface area contributed by atoms with E-state index in [1.807, 2.05) is 12.1 Å². The Kier molecular flexibility index (Phi) is 5.16. The number of hydrogen-bond acceptors (Lipinski definition) is 3. The van der Waals surface area contributed by atoms with E-state index in [-0.39, 0.29) is 5.82 Å². The van der Waals surface area contributed by atoms with Gasteiger partial charge in [0.15, 0.2) is 0 Å². The summed E-state index contributed by atoms with van der Waals surface area (Å²) in [5.74, 6) is 0.862. The lowest BCUT2D eigenvalue weighted by atomic mass is 10.1. The van der Waals surface area contributed by atoms with E-state index in [0.717, 1.165) is 44.2 Å². The van der Waals surface area contributed by atoms with Crippen LogP contribution in [0.4, 0.5) is 10.1 Å². The molecule has 3 aliphatic rings. The average Bonchev–Trinajstić information content (AvgIpc) is 3.49. The van der Waals surface area contributed by atoms with Crippen molar-refractivity contribution in [3.8, 4) is 0 Å². The second-order valence-corrected chi connectivity index (χ2v) is 8.20. The smallest absolute Gasteiger partial charge is 0.237 e. The molecule has 142 valence electrons. The summed E-state index contributed by atoms with van der Waals surface area (Å²) in [5.41, 5.74) is 1.07. The van der Waals surface area contributed by atoms with E-state index < -0.39 is 0 Å². The number of halogens is 1. The molecule has 4 rings (SSSR count). The molecule has 1 unspecified atom stereocenters. The van der Waals surface area contributed by atoms with Gasteiger partial charge in [0.2, 0.25) is 5.91 Å². The van der Waals surface area contributed by atoms with E-state index in [1.54, 1.807) is 0 Å². The summed E-state index contributed by atoms with van der Waals surface area (Å²) < 4.78 is 13.1. The Hall–Kier alpha value is -1.62. The van der Waals surface area contributed by atoms with Crippen LogP contribution >= 0.6 is 0 Å². The van der Waals surface area contributed by atoms with Crippen LogP contribution in [-0.4, -0.2) is 60.5 Å². The van der Waals surface area contributed by atoms with Gasteiger partial charge in [-0.2, -0.15) is 0 Å². The quantitative estimate of drug-likeness (QED) is 0.781. The van der Waals surface area contributed by atoms with E-state index in [4.69, 9.17) is 0 Å². The predicted molar refractivity (Wildman–Crippen MR) is 102 cm³/mol. The zero-order valence-corrected chi connectivity index (χ0v) is 15.7. The molecule has 2 saturated carbocycles. The van der Waals surface area contributed by atoms with Crippen LogP contribution < -0.4 is 4.90 Å². The molecule has 0 radical (unpaired) electrons. The summed E-state index contributed by atoms with van der Waals surface area (Å²) in [5, 5.41) is 0. The number of carbonyl (C=O) groups is 1. The van der Waals surface area contributed by atoms with Gasteiger partial charge in [-0.15, -0.1) is 0 Å². The average molecular weight is 359 g/mol. The van der Waals surface area contributed by atoms with Crippen molar-refractivity contribution in [2.45, 2.75) is 51.1 Å². The molecule has 1 amide bonds. The number of anilines is 1. The van der Waals surface area contributed by atoms with Gasteiger partial charge in [-0.1, -0.05) is 0 Å². The highest BCUT2D eigenvalue weighted by molar-refractivity contribution is 5.79. The van der Waals surface area contributed by atoms with Crippen LogP contribution in [0.1, 0.15) is 39.0 Å². The van der Waals surface area contributed by atoms with Crippen LogP contribution in [0.15, 0.2) is 24.3 Å². The molecule has 1 saturated heterocycles. The monoisotopic (exact) mass is 359 g/mol. The Bertz CT molecular complexity index is 627. The molecular formula is C21H30FN3O. The van der Waals surface area contributed by atoms with Gasteiger partial charge >= 0.3 is 0 Å². The van der Waals surface area contributed by atoms with Crippen molar-refractivity contribution >= 4 is 11.6 Å². The van der Waals surface area contributed by atoms with E-state index in [9.17, 15) is 9.18 Å². The third-order valence-electron chi connectivity index (χ3n) is 6.11. The second-order valence-electron chi connectivity index (χ2n) is 8.20. The van der Waals surface area contributed by atoms with E-state index in [1.165, 1.54) is 37.8 Å². The third kappa shape index (κ3) is 4.20. The predicted octanol–water partition coefficient (Wildman–Crippen LogP) is 3.13. The van der Waals surface area contributed by atoms with Gasteiger partial charge < -0.3 is 9.80 Å². The molecule has 0 spiro atoms. The number of nitrogens with zero attached hydrogens (tertiary/aromatic N) is 3. The molecule has 5 heteroatoms. The molecule has 2 aliphatic carbocycles. The minimum atomic E-state index is -0.194. The number of hydrogen-bond donors (Lipinski definition) is 0. The highest BCUT2D eigenvalue weighted by atomic mass is 19.1. The summed E-state index contributed by atoms with van der Waals surface area (Å²) in [6.07, 6.45) is 5.97. The fourth-order valence-corrected chi connectivity index (χ4v) is 4.23. The maximum absolute atomic E-state index is 13.1. The van der Waals surface area contributed by atoms with Crippen molar-refractivity contribution in [3.63, 3.8) is 0 Å². The highest BCUT2D eigenvalue weighted by Gasteiger charge is 2.41. The molecule has 1 atom stereocenters. The van der Waals surface area contributed by atoms with Gasteiger partial charge in [0.25, 0.3) is 0 Å². The van der Waals surface area contributed by atoms with Gasteiger partial charge in [-0.25, -0.2) is 4.39 Å². The number of benzene rings is 1. The van der Waals surface area contributed by atoms with Crippen LogP contribution in [0.5, 0.6) is 0 Å². The molecule has 1 aromatic rings. The molecular weight excluding hydrogens is 329 g/mol. The first-order valence-corrected chi connectivity index (χ1v) is 10.2.